The van der Waals surface area contributed by atoms with Crippen molar-refractivity contribution in [1.29, 1.82) is 0 Å². The van der Waals surface area contributed by atoms with E-state index in [0.29, 0.717) is 23.9 Å². The first-order chi connectivity index (χ1) is 19.6. The Morgan fingerprint density at radius 2 is 1.61 bits per heavy atom. The number of benzene rings is 3. The number of esters is 1. The summed E-state index contributed by atoms with van der Waals surface area (Å²) < 4.78 is 64.4. The van der Waals surface area contributed by atoms with E-state index in [1.807, 2.05) is 4.90 Å². The van der Waals surface area contributed by atoms with E-state index in [1.165, 1.54) is 55.6 Å². The zero-order chi connectivity index (χ0) is 29.1. The maximum Gasteiger partial charge on any atom is 0.453 e. The molecule has 0 bridgehead atoms. The Morgan fingerprint density at radius 3 is 2.24 bits per heavy atom. The Kier molecular flexibility index (Phi) is 8.23. The molecular formula is C30H25ClF3NO6. The Hall–Kier alpha value is -4.02. The molecule has 11 heteroatoms. The SMILES string of the molecule is COc1ccc(C(=O)Oc2ccc3c(=O)c(Oc4ccc(Cl)cc4)c(C(F)(F)F)oc3c2CN2CCCCC2)cc1. The third-order valence-corrected chi connectivity index (χ3v) is 6.98. The lowest BCUT2D eigenvalue weighted by Crippen LogP contribution is -2.29. The lowest BCUT2D eigenvalue weighted by molar-refractivity contribution is -0.154. The molecule has 2 heterocycles. The van der Waals surface area contributed by atoms with Gasteiger partial charge in [0.25, 0.3) is 5.76 Å². The van der Waals surface area contributed by atoms with Crippen LogP contribution in [0, 0.1) is 0 Å². The fraction of sp³-hybridized carbons (Fsp3) is 0.267. The molecule has 4 aromatic rings. The number of halogens is 4. The van der Waals surface area contributed by atoms with Gasteiger partial charge in [0, 0.05) is 11.6 Å². The predicted molar refractivity (Wildman–Crippen MR) is 146 cm³/mol. The molecule has 0 N–H and O–H groups in total. The van der Waals surface area contributed by atoms with Crippen molar-refractivity contribution < 1.29 is 36.6 Å². The minimum atomic E-state index is -5.06. The highest BCUT2D eigenvalue weighted by atomic mass is 35.5. The lowest BCUT2D eigenvalue weighted by Gasteiger charge is -2.27. The smallest absolute Gasteiger partial charge is 0.453 e. The van der Waals surface area contributed by atoms with E-state index in [-0.39, 0.29) is 40.1 Å². The maximum absolute atomic E-state index is 14.3. The van der Waals surface area contributed by atoms with Crippen LogP contribution in [-0.4, -0.2) is 31.1 Å². The van der Waals surface area contributed by atoms with Gasteiger partial charge in [-0.05, 0) is 86.6 Å². The normalized spacial score (nSPS) is 14.2. The van der Waals surface area contributed by atoms with Gasteiger partial charge in [0.15, 0.2) is 0 Å². The van der Waals surface area contributed by atoms with E-state index in [1.54, 1.807) is 12.1 Å². The van der Waals surface area contributed by atoms with Gasteiger partial charge < -0.3 is 18.6 Å². The first-order valence-electron chi connectivity index (χ1n) is 12.9. The van der Waals surface area contributed by atoms with Gasteiger partial charge in [0.2, 0.25) is 11.2 Å². The highest BCUT2D eigenvalue weighted by Gasteiger charge is 2.41. The Labute approximate surface area is 238 Å². The van der Waals surface area contributed by atoms with Crippen LogP contribution in [0.2, 0.25) is 5.02 Å². The molecule has 1 fully saturated rings. The van der Waals surface area contributed by atoms with Crippen LogP contribution in [-0.2, 0) is 12.7 Å². The van der Waals surface area contributed by atoms with Crippen LogP contribution in [0.1, 0.15) is 40.9 Å². The largest absolute Gasteiger partial charge is 0.497 e. The molecule has 0 amide bonds. The third-order valence-electron chi connectivity index (χ3n) is 6.73. The lowest BCUT2D eigenvalue weighted by atomic mass is 10.1. The highest BCUT2D eigenvalue weighted by molar-refractivity contribution is 6.30. The molecule has 7 nitrogen and oxygen atoms in total. The van der Waals surface area contributed by atoms with Crippen molar-refractivity contribution in [3.8, 4) is 23.0 Å². The summed E-state index contributed by atoms with van der Waals surface area (Å²) in [5.74, 6) is -2.82. The van der Waals surface area contributed by atoms with Gasteiger partial charge in [-0.1, -0.05) is 18.0 Å². The molecule has 0 atom stereocenters. The standard InChI is InChI=1S/C30H25ClF3NO6/c1-38-20-9-5-18(6-10-20)29(37)40-24-14-13-22-25(36)27(39-21-11-7-19(31)8-12-21)28(30(32,33)34)41-26(22)23(24)17-35-15-3-2-4-16-35/h5-14H,2-4,15-17H2,1H3. The summed E-state index contributed by atoms with van der Waals surface area (Å²) in [6.07, 6.45) is -2.22. The zero-order valence-electron chi connectivity index (χ0n) is 21.9. The number of carbonyl (C=O) groups is 1. The number of likely N-dealkylation sites (tertiary alicyclic amines) is 1. The number of fused-ring (bicyclic) bond motifs is 1. The predicted octanol–water partition coefficient (Wildman–Crippen LogP) is 7.47. The summed E-state index contributed by atoms with van der Waals surface area (Å²) in [7, 11) is 1.49. The highest BCUT2D eigenvalue weighted by Crippen LogP contribution is 2.40. The summed E-state index contributed by atoms with van der Waals surface area (Å²) in [6.45, 7) is 1.49. The van der Waals surface area contributed by atoms with Crippen LogP contribution >= 0.6 is 11.6 Å². The van der Waals surface area contributed by atoms with Crippen molar-refractivity contribution in [1.82, 2.24) is 4.90 Å². The number of hydrogen-bond acceptors (Lipinski definition) is 7. The molecule has 0 saturated carbocycles. The number of ether oxygens (including phenoxy) is 3. The number of methoxy groups -OCH3 is 1. The van der Waals surface area contributed by atoms with Gasteiger partial charge >= 0.3 is 12.1 Å². The summed E-state index contributed by atoms with van der Waals surface area (Å²) in [4.78, 5) is 28.5. The molecule has 1 aromatic heterocycles. The number of nitrogens with zero attached hydrogens (tertiary/aromatic N) is 1. The van der Waals surface area contributed by atoms with E-state index in [0.717, 1.165) is 19.3 Å². The average molecular weight is 588 g/mol. The van der Waals surface area contributed by atoms with E-state index >= 15 is 0 Å². The minimum absolute atomic E-state index is 0.00784. The molecule has 1 aliphatic rings. The van der Waals surface area contributed by atoms with Crippen molar-refractivity contribution in [3.63, 3.8) is 0 Å². The monoisotopic (exact) mass is 587 g/mol. The van der Waals surface area contributed by atoms with Crippen LogP contribution in [0.3, 0.4) is 0 Å². The second-order valence-corrected chi connectivity index (χ2v) is 9.95. The van der Waals surface area contributed by atoms with Crippen LogP contribution in [0.25, 0.3) is 11.0 Å². The fourth-order valence-corrected chi connectivity index (χ4v) is 4.78. The van der Waals surface area contributed by atoms with Crippen LogP contribution in [0.15, 0.2) is 69.9 Å². The molecule has 0 aliphatic carbocycles. The average Bonchev–Trinajstić information content (AvgIpc) is 2.96. The molecule has 0 unspecified atom stereocenters. The summed E-state index contributed by atoms with van der Waals surface area (Å²) in [5, 5.41) is 0.205. The molecule has 1 saturated heterocycles. The number of rotatable bonds is 7. The van der Waals surface area contributed by atoms with Crippen molar-refractivity contribution in [3.05, 3.63) is 92.8 Å². The molecule has 214 valence electrons. The first kappa shape index (κ1) is 28.5. The molecule has 1 aliphatic heterocycles. The van der Waals surface area contributed by atoms with Gasteiger partial charge in [-0.15, -0.1) is 0 Å². The van der Waals surface area contributed by atoms with E-state index in [4.69, 9.17) is 30.2 Å². The van der Waals surface area contributed by atoms with Crippen LogP contribution in [0.5, 0.6) is 23.0 Å². The second kappa shape index (κ2) is 11.8. The minimum Gasteiger partial charge on any atom is -0.497 e. The van der Waals surface area contributed by atoms with Crippen molar-refractivity contribution in [2.45, 2.75) is 32.0 Å². The molecule has 0 radical (unpaired) electrons. The van der Waals surface area contributed by atoms with Gasteiger partial charge in [0.1, 0.15) is 22.8 Å². The number of piperidine rings is 1. The summed E-state index contributed by atoms with van der Waals surface area (Å²) in [5.41, 5.74) is -0.969. The fourth-order valence-electron chi connectivity index (χ4n) is 4.65. The van der Waals surface area contributed by atoms with Crippen molar-refractivity contribution >= 4 is 28.5 Å². The van der Waals surface area contributed by atoms with Crippen LogP contribution in [0.4, 0.5) is 13.2 Å². The maximum atomic E-state index is 14.3. The van der Waals surface area contributed by atoms with Gasteiger partial charge in [-0.25, -0.2) is 4.79 Å². The summed E-state index contributed by atoms with van der Waals surface area (Å²) >= 11 is 5.87. The molecular weight excluding hydrogens is 563 g/mol. The van der Waals surface area contributed by atoms with Crippen molar-refractivity contribution in [2.75, 3.05) is 20.2 Å². The third kappa shape index (κ3) is 6.34. The van der Waals surface area contributed by atoms with E-state index in [2.05, 4.69) is 0 Å². The molecule has 3 aromatic carbocycles. The zero-order valence-corrected chi connectivity index (χ0v) is 22.7. The second-order valence-electron chi connectivity index (χ2n) is 9.52. The van der Waals surface area contributed by atoms with Gasteiger partial charge in [0.05, 0.1) is 23.6 Å². The first-order valence-corrected chi connectivity index (χ1v) is 13.2. The quantitative estimate of drug-likeness (QED) is 0.164. The van der Waals surface area contributed by atoms with E-state index in [9.17, 15) is 22.8 Å². The number of carbonyl (C=O) groups excluding carboxylic acids is 1. The Morgan fingerprint density at radius 1 is 0.951 bits per heavy atom. The Bertz CT molecular complexity index is 1610. The molecule has 5 rings (SSSR count). The Balaban J connectivity index is 1.63. The topological polar surface area (TPSA) is 78.2 Å². The summed E-state index contributed by atoms with van der Waals surface area (Å²) in [6, 6.07) is 14.4. The molecule has 0 spiro atoms. The van der Waals surface area contributed by atoms with Gasteiger partial charge in [-0.3, -0.25) is 9.69 Å². The van der Waals surface area contributed by atoms with Crippen molar-refractivity contribution in [2.24, 2.45) is 0 Å². The number of alkyl halides is 3. The van der Waals surface area contributed by atoms with Crippen LogP contribution < -0.4 is 19.6 Å². The van der Waals surface area contributed by atoms with Gasteiger partial charge in [-0.2, -0.15) is 13.2 Å². The molecule has 41 heavy (non-hydrogen) atoms. The van der Waals surface area contributed by atoms with E-state index < -0.39 is 29.1 Å². The number of hydrogen-bond donors (Lipinski definition) is 0.